The lowest BCUT2D eigenvalue weighted by Crippen LogP contribution is -2.19. The summed E-state index contributed by atoms with van der Waals surface area (Å²) in [6.45, 7) is 0. The summed E-state index contributed by atoms with van der Waals surface area (Å²) in [5.41, 5.74) is 9.88. The maximum atomic E-state index is 12.0. The van der Waals surface area contributed by atoms with Crippen LogP contribution in [-0.2, 0) is 7.05 Å². The molecule has 0 radical (unpaired) electrons. The van der Waals surface area contributed by atoms with E-state index < -0.39 is 5.56 Å². The molecular formula is C20H14N4O2. The van der Waals surface area contributed by atoms with E-state index in [2.05, 4.69) is 26.7 Å². The first kappa shape index (κ1) is 15.7. The van der Waals surface area contributed by atoms with Gasteiger partial charge in [-0.05, 0) is 30.4 Å². The lowest BCUT2D eigenvalue weighted by molar-refractivity contribution is 0.457. The van der Waals surface area contributed by atoms with Gasteiger partial charge in [0, 0.05) is 42.2 Å². The fourth-order valence-electron chi connectivity index (χ4n) is 2.77. The largest absolute Gasteiger partial charge is 0.502 e. The van der Waals surface area contributed by atoms with Crippen LogP contribution < -0.4 is 10.9 Å². The molecular weight excluding hydrogens is 328 g/mol. The number of hydrogen-bond donors (Lipinski definition) is 2. The van der Waals surface area contributed by atoms with Crippen LogP contribution in [0.5, 0.6) is 5.75 Å². The lowest BCUT2D eigenvalue weighted by atomic mass is 9.98. The first-order valence-electron chi connectivity index (χ1n) is 7.92. The summed E-state index contributed by atoms with van der Waals surface area (Å²) in [5.74, 6) is 0.0669. The van der Waals surface area contributed by atoms with Crippen LogP contribution in [0, 0.1) is 0 Å². The zero-order valence-electron chi connectivity index (χ0n) is 13.9. The molecule has 2 bridgehead atoms. The smallest absolute Gasteiger partial charge is 0.295 e. The van der Waals surface area contributed by atoms with Crippen molar-refractivity contribution in [3.05, 3.63) is 93.8 Å². The van der Waals surface area contributed by atoms with E-state index in [9.17, 15) is 9.90 Å². The normalized spacial score (nSPS) is 16.7. The van der Waals surface area contributed by atoms with E-state index in [1.54, 1.807) is 19.3 Å². The van der Waals surface area contributed by atoms with Gasteiger partial charge in [-0.1, -0.05) is 5.73 Å². The predicted molar refractivity (Wildman–Crippen MR) is 97.8 cm³/mol. The van der Waals surface area contributed by atoms with Gasteiger partial charge in [0.2, 0.25) is 0 Å². The molecule has 0 aromatic carbocycles. The topological polar surface area (TPSA) is 80.0 Å². The number of pyridine rings is 1. The highest BCUT2D eigenvalue weighted by atomic mass is 16.3. The number of nitrogens with zero attached hydrogens (tertiary/aromatic N) is 3. The molecule has 6 nitrogen and oxygen atoms in total. The van der Waals surface area contributed by atoms with Crippen molar-refractivity contribution in [3.8, 4) is 17.1 Å². The fraction of sp³-hybridized carbons (Fsp3) is 0.0500. The molecule has 26 heavy (non-hydrogen) atoms. The average molecular weight is 342 g/mol. The molecule has 1 aliphatic carbocycles. The molecule has 0 fully saturated rings. The Morgan fingerprint density at radius 2 is 2.19 bits per heavy atom. The third-order valence-corrected chi connectivity index (χ3v) is 4.07. The summed E-state index contributed by atoms with van der Waals surface area (Å²) in [4.78, 5) is 20.6. The van der Waals surface area contributed by atoms with Crippen molar-refractivity contribution in [2.75, 3.05) is 0 Å². The molecule has 4 rings (SSSR count). The molecule has 6 heteroatoms. The summed E-state index contributed by atoms with van der Waals surface area (Å²) in [7, 11) is 1.57. The van der Waals surface area contributed by atoms with Crippen LogP contribution >= 0.6 is 0 Å². The van der Waals surface area contributed by atoms with Gasteiger partial charge in [0.05, 0.1) is 17.6 Å². The molecule has 0 saturated heterocycles. The average Bonchev–Trinajstić information content (AvgIpc) is 2.65. The first-order valence-corrected chi connectivity index (χ1v) is 7.92. The predicted octanol–water partition coefficient (Wildman–Crippen LogP) is 2.18. The van der Waals surface area contributed by atoms with E-state index >= 15 is 0 Å². The van der Waals surface area contributed by atoms with Gasteiger partial charge in [0.1, 0.15) is 5.82 Å². The Hall–Kier alpha value is -3.85. The highest BCUT2D eigenvalue weighted by molar-refractivity contribution is 5.83. The molecule has 2 aromatic rings. The standard InChI is InChI=1S/C20H14N4O2/c1-24-19(23-12-18(25)20(24)26)14-7-9-22-17(11-14)16-5-3-2-4-15-10-13(16)6-8-21-15/h3-9,11-12,21,25H,1H3/b16-5+. The van der Waals surface area contributed by atoms with E-state index in [0.29, 0.717) is 5.82 Å². The minimum absolute atomic E-state index is 0.382. The maximum absolute atomic E-state index is 12.0. The molecule has 3 heterocycles. The third kappa shape index (κ3) is 2.72. The zero-order chi connectivity index (χ0) is 18.1. The summed E-state index contributed by atoms with van der Waals surface area (Å²) in [6, 6.07) is 3.63. The summed E-state index contributed by atoms with van der Waals surface area (Å²) >= 11 is 0. The van der Waals surface area contributed by atoms with Crippen LogP contribution in [0.25, 0.3) is 17.0 Å². The number of allylic oxidation sites excluding steroid dienone is 4. The van der Waals surface area contributed by atoms with Gasteiger partial charge in [0.25, 0.3) is 5.56 Å². The minimum Gasteiger partial charge on any atom is -0.502 e. The van der Waals surface area contributed by atoms with Crippen LogP contribution in [0.15, 0.2) is 82.6 Å². The van der Waals surface area contributed by atoms with Gasteiger partial charge >= 0.3 is 0 Å². The first-order chi connectivity index (χ1) is 12.6. The summed E-state index contributed by atoms with van der Waals surface area (Å²) in [5, 5.41) is 12.6. The molecule has 0 spiro atoms. The molecule has 126 valence electrons. The number of aromatic hydroxyl groups is 1. The Labute approximate surface area is 149 Å². The van der Waals surface area contributed by atoms with Crippen molar-refractivity contribution in [2.45, 2.75) is 0 Å². The van der Waals surface area contributed by atoms with Gasteiger partial charge in [-0.25, -0.2) is 4.98 Å². The highest BCUT2D eigenvalue weighted by Crippen LogP contribution is 2.27. The third-order valence-electron chi connectivity index (χ3n) is 4.07. The Bertz CT molecular complexity index is 1170. The van der Waals surface area contributed by atoms with Crippen molar-refractivity contribution in [1.29, 1.82) is 0 Å². The van der Waals surface area contributed by atoms with Crippen LogP contribution in [0.4, 0.5) is 0 Å². The second-order valence-corrected chi connectivity index (χ2v) is 5.75. The lowest BCUT2D eigenvalue weighted by Gasteiger charge is -2.13. The van der Waals surface area contributed by atoms with Crippen molar-refractivity contribution < 1.29 is 5.11 Å². The fourth-order valence-corrected chi connectivity index (χ4v) is 2.77. The molecule has 1 aliphatic heterocycles. The molecule has 2 aromatic heterocycles. The monoisotopic (exact) mass is 342 g/mol. The Morgan fingerprint density at radius 1 is 1.31 bits per heavy atom. The van der Waals surface area contributed by atoms with Crippen molar-refractivity contribution in [3.63, 3.8) is 0 Å². The highest BCUT2D eigenvalue weighted by Gasteiger charge is 2.13. The van der Waals surface area contributed by atoms with Crippen LogP contribution in [0.2, 0.25) is 0 Å². The summed E-state index contributed by atoms with van der Waals surface area (Å²) < 4.78 is 1.31. The number of aromatic nitrogens is 3. The van der Waals surface area contributed by atoms with Gasteiger partial charge in [-0.2, -0.15) is 0 Å². The molecule has 0 unspecified atom stereocenters. The van der Waals surface area contributed by atoms with Crippen LogP contribution in [0.1, 0.15) is 5.69 Å². The van der Waals surface area contributed by atoms with Crippen molar-refractivity contribution in [1.82, 2.24) is 19.9 Å². The molecule has 0 atom stereocenters. The quantitative estimate of drug-likeness (QED) is 0.818. The van der Waals surface area contributed by atoms with Gasteiger partial charge < -0.3 is 10.4 Å². The van der Waals surface area contributed by atoms with Gasteiger partial charge in [-0.15, -0.1) is 5.73 Å². The van der Waals surface area contributed by atoms with Gasteiger partial charge in [0.15, 0.2) is 5.75 Å². The zero-order valence-corrected chi connectivity index (χ0v) is 13.9. The molecule has 2 N–H and O–H groups in total. The number of nitrogens with one attached hydrogen (secondary N) is 1. The SMILES string of the molecule is Cn1c(-c2ccnc(/C3=C/C=C=CC4=C=C3C=CN4)c2)ncc(O)c1=O. The Balaban J connectivity index is 1.86. The second kappa shape index (κ2) is 6.22. The summed E-state index contributed by atoms with van der Waals surface area (Å²) in [6.07, 6.45) is 12.1. The minimum atomic E-state index is -0.497. The Morgan fingerprint density at radius 3 is 3.08 bits per heavy atom. The molecule has 0 amide bonds. The number of hydrogen-bond acceptors (Lipinski definition) is 5. The van der Waals surface area contributed by atoms with Crippen LogP contribution in [0.3, 0.4) is 0 Å². The van der Waals surface area contributed by atoms with E-state index in [1.165, 1.54) is 4.57 Å². The maximum Gasteiger partial charge on any atom is 0.295 e. The Kier molecular flexibility index (Phi) is 3.75. The van der Waals surface area contributed by atoms with Crippen molar-refractivity contribution >= 4 is 5.57 Å². The second-order valence-electron chi connectivity index (χ2n) is 5.75. The molecule has 2 aliphatic rings. The molecule has 0 saturated carbocycles. The van der Waals surface area contributed by atoms with E-state index in [0.717, 1.165) is 34.3 Å². The van der Waals surface area contributed by atoms with E-state index in [-0.39, 0.29) is 5.75 Å². The van der Waals surface area contributed by atoms with Crippen LogP contribution in [-0.4, -0.2) is 19.6 Å². The number of rotatable bonds is 2. The van der Waals surface area contributed by atoms with Gasteiger partial charge in [-0.3, -0.25) is 14.3 Å². The van der Waals surface area contributed by atoms with E-state index in [4.69, 9.17) is 0 Å². The van der Waals surface area contributed by atoms with E-state index in [1.807, 2.05) is 36.6 Å². The van der Waals surface area contributed by atoms with Crippen molar-refractivity contribution in [2.24, 2.45) is 7.05 Å².